The van der Waals surface area contributed by atoms with Crippen molar-refractivity contribution in [3.63, 3.8) is 0 Å². The number of benzene rings is 2. The molecule has 1 unspecified atom stereocenters. The van der Waals surface area contributed by atoms with Crippen LogP contribution < -0.4 is 4.90 Å². The van der Waals surface area contributed by atoms with Crippen LogP contribution in [0.5, 0.6) is 11.5 Å². The normalized spacial score (nSPS) is 20.3. The SMILES string of the molecule is Cc1cccc(N2C(=O)CSC2(C)c2cc(Cl)cc(CO)c2O)c1O. The van der Waals surface area contributed by atoms with Crippen molar-refractivity contribution in [1.29, 1.82) is 0 Å². The number of rotatable bonds is 3. The quantitative estimate of drug-likeness (QED) is 0.760. The molecule has 0 spiro atoms. The van der Waals surface area contributed by atoms with Crippen LogP contribution in [0.1, 0.15) is 23.6 Å². The number of phenols is 2. The lowest BCUT2D eigenvalue weighted by Crippen LogP contribution is -2.40. The molecule has 7 heteroatoms. The van der Waals surface area contributed by atoms with Gasteiger partial charge in [0.1, 0.15) is 16.4 Å². The number of aliphatic hydroxyl groups is 1. The minimum Gasteiger partial charge on any atom is -0.507 e. The van der Waals surface area contributed by atoms with Crippen LogP contribution in [0.3, 0.4) is 0 Å². The van der Waals surface area contributed by atoms with E-state index in [1.807, 2.05) is 0 Å². The van der Waals surface area contributed by atoms with Gasteiger partial charge in [-0.05, 0) is 37.6 Å². The summed E-state index contributed by atoms with van der Waals surface area (Å²) >= 11 is 7.47. The van der Waals surface area contributed by atoms with Crippen molar-refractivity contribution in [2.24, 2.45) is 0 Å². The maximum absolute atomic E-state index is 12.6. The summed E-state index contributed by atoms with van der Waals surface area (Å²) in [6, 6.07) is 8.25. The molecule has 3 N–H and O–H groups in total. The number of hydrogen-bond donors (Lipinski definition) is 3. The lowest BCUT2D eigenvalue weighted by Gasteiger charge is -2.36. The maximum Gasteiger partial charge on any atom is 0.238 e. The Bertz CT molecular complexity index is 857. The summed E-state index contributed by atoms with van der Waals surface area (Å²) in [4.78, 5) is 13.1. The standard InChI is InChI=1S/C18H18ClNO4S/c1-10-4-3-5-14(16(10)23)20-15(22)9-25-18(20,2)13-7-12(19)6-11(8-21)17(13)24/h3-7,21,23-24H,8-9H2,1-2H3. The number of halogens is 1. The second kappa shape index (κ2) is 6.44. The van der Waals surface area contributed by atoms with E-state index in [1.54, 1.807) is 38.1 Å². The summed E-state index contributed by atoms with van der Waals surface area (Å²) in [6.45, 7) is 3.17. The van der Waals surface area contributed by atoms with E-state index in [9.17, 15) is 20.1 Å². The molecular weight excluding hydrogens is 362 g/mol. The van der Waals surface area contributed by atoms with Crippen LogP contribution in [0.2, 0.25) is 5.02 Å². The van der Waals surface area contributed by atoms with E-state index < -0.39 is 4.87 Å². The highest BCUT2D eigenvalue weighted by Gasteiger charge is 2.47. The van der Waals surface area contributed by atoms with Crippen molar-refractivity contribution in [3.05, 3.63) is 52.0 Å². The Morgan fingerprint density at radius 1 is 1.28 bits per heavy atom. The number of anilines is 1. The lowest BCUT2D eigenvalue weighted by molar-refractivity contribution is -0.116. The van der Waals surface area contributed by atoms with E-state index in [2.05, 4.69) is 0 Å². The van der Waals surface area contributed by atoms with Crippen LogP contribution in [0.15, 0.2) is 30.3 Å². The summed E-state index contributed by atoms with van der Waals surface area (Å²) in [5.74, 6) is -0.0647. The molecule has 0 aliphatic carbocycles. The van der Waals surface area contributed by atoms with Gasteiger partial charge in [-0.1, -0.05) is 23.7 Å². The zero-order valence-corrected chi connectivity index (χ0v) is 15.4. The summed E-state index contributed by atoms with van der Waals surface area (Å²) in [5, 5.41) is 30.8. The topological polar surface area (TPSA) is 81.0 Å². The highest BCUT2D eigenvalue weighted by atomic mass is 35.5. The first-order chi connectivity index (χ1) is 11.8. The van der Waals surface area contributed by atoms with Crippen molar-refractivity contribution in [3.8, 4) is 11.5 Å². The second-order valence-corrected chi connectivity index (χ2v) is 7.87. The predicted octanol–water partition coefficient (Wildman–Crippen LogP) is 3.50. The molecule has 25 heavy (non-hydrogen) atoms. The average molecular weight is 380 g/mol. The third-order valence-corrected chi connectivity index (χ3v) is 6.01. The number of hydrogen-bond acceptors (Lipinski definition) is 5. The van der Waals surface area contributed by atoms with Gasteiger partial charge in [-0.15, -0.1) is 11.8 Å². The van der Waals surface area contributed by atoms with Gasteiger partial charge in [0.15, 0.2) is 0 Å². The van der Waals surface area contributed by atoms with Gasteiger partial charge in [-0.2, -0.15) is 0 Å². The Hall–Kier alpha value is -1.89. The molecule has 0 aromatic heterocycles. The first-order valence-corrected chi connectivity index (χ1v) is 9.04. The molecule has 0 saturated carbocycles. The number of nitrogens with zero attached hydrogens (tertiary/aromatic N) is 1. The first-order valence-electron chi connectivity index (χ1n) is 7.68. The highest BCUT2D eigenvalue weighted by Crippen LogP contribution is 2.52. The number of thioether (sulfide) groups is 1. The van der Waals surface area contributed by atoms with E-state index in [1.165, 1.54) is 22.7 Å². The molecule has 1 amide bonds. The second-order valence-electron chi connectivity index (χ2n) is 6.06. The van der Waals surface area contributed by atoms with Gasteiger partial charge in [0.05, 0.1) is 18.0 Å². The van der Waals surface area contributed by atoms with Crippen molar-refractivity contribution in [2.45, 2.75) is 25.3 Å². The molecule has 132 valence electrons. The summed E-state index contributed by atoms with van der Waals surface area (Å²) in [7, 11) is 0. The Kier molecular flexibility index (Phi) is 4.62. The van der Waals surface area contributed by atoms with Crippen LogP contribution in [-0.2, 0) is 16.3 Å². The van der Waals surface area contributed by atoms with Gasteiger partial charge in [-0.25, -0.2) is 0 Å². The fourth-order valence-electron chi connectivity index (χ4n) is 3.09. The molecule has 0 radical (unpaired) electrons. The Morgan fingerprint density at radius 2 is 2.00 bits per heavy atom. The minimum atomic E-state index is -0.971. The molecule has 2 aromatic rings. The van der Waals surface area contributed by atoms with Gasteiger partial charge in [0.2, 0.25) is 5.91 Å². The van der Waals surface area contributed by atoms with E-state index in [4.69, 9.17) is 11.6 Å². The van der Waals surface area contributed by atoms with E-state index >= 15 is 0 Å². The molecule has 1 aliphatic heterocycles. The summed E-state index contributed by atoms with van der Waals surface area (Å²) < 4.78 is 0. The number of carbonyl (C=O) groups excluding carboxylic acids is 1. The molecule has 3 rings (SSSR count). The smallest absolute Gasteiger partial charge is 0.238 e. The minimum absolute atomic E-state index is 0.0217. The molecule has 1 saturated heterocycles. The van der Waals surface area contributed by atoms with Crippen molar-refractivity contribution < 1.29 is 20.1 Å². The monoisotopic (exact) mass is 379 g/mol. The van der Waals surface area contributed by atoms with Crippen molar-refractivity contribution in [1.82, 2.24) is 0 Å². The van der Waals surface area contributed by atoms with E-state index in [-0.39, 0.29) is 35.3 Å². The highest BCUT2D eigenvalue weighted by molar-refractivity contribution is 8.01. The van der Waals surface area contributed by atoms with Gasteiger partial charge >= 0.3 is 0 Å². The van der Waals surface area contributed by atoms with Gasteiger partial charge in [-0.3, -0.25) is 9.69 Å². The number of carbonyl (C=O) groups is 1. The molecular formula is C18H18ClNO4S. The molecule has 1 heterocycles. The summed E-state index contributed by atoms with van der Waals surface area (Å²) in [5.41, 5.74) is 1.73. The number of aromatic hydroxyl groups is 2. The van der Waals surface area contributed by atoms with Crippen LogP contribution >= 0.6 is 23.4 Å². The first kappa shape index (κ1) is 17.9. The fourth-order valence-corrected chi connectivity index (χ4v) is 4.50. The van der Waals surface area contributed by atoms with Crippen molar-refractivity contribution in [2.75, 3.05) is 10.7 Å². The molecule has 5 nitrogen and oxygen atoms in total. The fraction of sp³-hybridized carbons (Fsp3) is 0.278. The Balaban J connectivity index is 2.22. The van der Waals surface area contributed by atoms with E-state index in [0.29, 0.717) is 21.8 Å². The molecule has 1 aliphatic rings. The average Bonchev–Trinajstić information content (AvgIpc) is 2.88. The molecule has 2 aromatic carbocycles. The van der Waals surface area contributed by atoms with Crippen molar-refractivity contribution >= 4 is 35.0 Å². The van der Waals surface area contributed by atoms with Gasteiger partial charge in [0.25, 0.3) is 0 Å². The zero-order chi connectivity index (χ0) is 18.4. The van der Waals surface area contributed by atoms with Gasteiger partial charge < -0.3 is 15.3 Å². The zero-order valence-electron chi connectivity index (χ0n) is 13.8. The number of aliphatic hydroxyl groups excluding tert-OH is 1. The molecule has 0 bridgehead atoms. The van der Waals surface area contributed by atoms with E-state index in [0.717, 1.165) is 0 Å². The third-order valence-electron chi connectivity index (χ3n) is 4.43. The maximum atomic E-state index is 12.6. The largest absolute Gasteiger partial charge is 0.507 e. The number of phenolic OH excluding ortho intramolecular Hbond substituents is 1. The van der Waals surface area contributed by atoms with Crippen LogP contribution in [0.4, 0.5) is 5.69 Å². The summed E-state index contributed by atoms with van der Waals surface area (Å²) in [6.07, 6.45) is 0. The third kappa shape index (κ3) is 2.84. The Labute approximate surface area is 154 Å². The lowest BCUT2D eigenvalue weighted by atomic mass is 10.00. The predicted molar refractivity (Wildman–Crippen MR) is 99.2 cm³/mol. The molecule has 1 fully saturated rings. The number of aryl methyl sites for hydroxylation is 1. The molecule has 1 atom stereocenters. The number of para-hydroxylation sites is 1. The Morgan fingerprint density at radius 3 is 2.68 bits per heavy atom. The van der Waals surface area contributed by atoms with Crippen LogP contribution in [-0.4, -0.2) is 27.0 Å². The number of amides is 1. The van der Waals surface area contributed by atoms with Crippen LogP contribution in [0, 0.1) is 6.92 Å². The van der Waals surface area contributed by atoms with Crippen LogP contribution in [0.25, 0.3) is 0 Å². The van der Waals surface area contributed by atoms with Gasteiger partial charge in [0, 0.05) is 16.1 Å².